The van der Waals surface area contributed by atoms with Crippen molar-refractivity contribution >= 4 is 27.3 Å². The van der Waals surface area contributed by atoms with E-state index in [4.69, 9.17) is 10.5 Å². The maximum Gasteiger partial charge on any atom is 0.139 e. The summed E-state index contributed by atoms with van der Waals surface area (Å²) in [6.07, 6.45) is -0.642. The molecule has 0 fully saturated rings. The highest BCUT2D eigenvalue weighted by Gasteiger charge is 2.13. The summed E-state index contributed by atoms with van der Waals surface area (Å²) in [5.41, 5.74) is 6.78. The van der Waals surface area contributed by atoms with Gasteiger partial charge in [0.1, 0.15) is 5.82 Å². The second-order valence-electron chi connectivity index (χ2n) is 3.81. The number of aliphatic hydroxyl groups is 1. The van der Waals surface area contributed by atoms with E-state index in [0.717, 1.165) is 0 Å². The molecule has 96 valence electrons. The number of halogens is 2. The third-order valence-electron chi connectivity index (χ3n) is 2.32. The summed E-state index contributed by atoms with van der Waals surface area (Å²) in [4.78, 5) is 1.69. The van der Waals surface area contributed by atoms with Crippen LogP contribution in [0, 0.1) is 5.82 Å². The lowest BCUT2D eigenvalue weighted by Crippen LogP contribution is -2.32. The average Bonchev–Trinajstić information content (AvgIpc) is 2.23. The molecule has 0 aliphatic rings. The molecule has 0 saturated heterocycles. The predicted octanol–water partition coefficient (Wildman–Crippen LogP) is 1.61. The van der Waals surface area contributed by atoms with Crippen molar-refractivity contribution in [1.82, 2.24) is 0 Å². The number of hydrogen-bond donors (Lipinski definition) is 2. The van der Waals surface area contributed by atoms with Crippen molar-refractivity contribution in [1.29, 1.82) is 0 Å². The van der Waals surface area contributed by atoms with Gasteiger partial charge < -0.3 is 20.5 Å². The van der Waals surface area contributed by atoms with Gasteiger partial charge in [0.15, 0.2) is 0 Å². The summed E-state index contributed by atoms with van der Waals surface area (Å²) in [5, 5.41) is 9.59. The third kappa shape index (κ3) is 3.83. The van der Waals surface area contributed by atoms with Gasteiger partial charge in [-0.25, -0.2) is 4.39 Å². The Morgan fingerprint density at radius 1 is 1.59 bits per heavy atom. The summed E-state index contributed by atoms with van der Waals surface area (Å²) in [6, 6.07) is 2.84. The Bertz CT molecular complexity index is 390. The maximum absolute atomic E-state index is 13.4. The fourth-order valence-electron chi connectivity index (χ4n) is 1.54. The molecule has 0 aliphatic heterocycles. The molecule has 0 amide bonds. The van der Waals surface area contributed by atoms with Crippen LogP contribution >= 0.6 is 15.9 Å². The van der Waals surface area contributed by atoms with Crippen LogP contribution in [0.5, 0.6) is 0 Å². The van der Waals surface area contributed by atoms with E-state index in [1.165, 1.54) is 19.2 Å². The van der Waals surface area contributed by atoms with Crippen LogP contribution in [0.2, 0.25) is 0 Å². The Balaban J connectivity index is 2.81. The number of anilines is 2. The topological polar surface area (TPSA) is 58.7 Å². The number of nitrogen functional groups attached to an aromatic ring is 1. The lowest BCUT2D eigenvalue weighted by molar-refractivity contribution is 0.0695. The van der Waals surface area contributed by atoms with Gasteiger partial charge in [0, 0.05) is 26.8 Å². The number of benzene rings is 1. The summed E-state index contributed by atoms with van der Waals surface area (Å²) in [6.45, 7) is 0.544. The minimum atomic E-state index is -0.642. The number of aliphatic hydroxyl groups excluding tert-OH is 1. The molecule has 4 nitrogen and oxygen atoms in total. The molecule has 17 heavy (non-hydrogen) atoms. The molecular formula is C11H16BrFN2O2. The van der Waals surface area contributed by atoms with Gasteiger partial charge in [-0.3, -0.25) is 0 Å². The van der Waals surface area contributed by atoms with E-state index in [9.17, 15) is 9.50 Å². The second-order valence-corrected chi connectivity index (χ2v) is 4.67. The number of methoxy groups -OCH3 is 1. The van der Waals surface area contributed by atoms with E-state index < -0.39 is 6.10 Å². The first kappa shape index (κ1) is 14.2. The minimum Gasteiger partial charge on any atom is -0.397 e. The van der Waals surface area contributed by atoms with Crippen molar-refractivity contribution in [3.63, 3.8) is 0 Å². The zero-order valence-corrected chi connectivity index (χ0v) is 11.4. The Morgan fingerprint density at radius 3 is 2.82 bits per heavy atom. The number of ether oxygens (including phenoxy) is 1. The van der Waals surface area contributed by atoms with E-state index in [1.54, 1.807) is 11.9 Å². The van der Waals surface area contributed by atoms with Crippen LogP contribution in [0.3, 0.4) is 0 Å². The number of likely N-dealkylation sites (N-methyl/N-ethyl adjacent to an activating group) is 1. The Kier molecular flexibility index (Phi) is 5.17. The van der Waals surface area contributed by atoms with Crippen LogP contribution < -0.4 is 10.6 Å². The van der Waals surface area contributed by atoms with Gasteiger partial charge in [-0.15, -0.1) is 0 Å². The monoisotopic (exact) mass is 306 g/mol. The molecule has 6 heteroatoms. The zero-order chi connectivity index (χ0) is 13.0. The van der Waals surface area contributed by atoms with E-state index in [-0.39, 0.29) is 12.4 Å². The molecule has 1 unspecified atom stereocenters. The molecule has 1 aromatic rings. The fourth-order valence-corrected chi connectivity index (χ4v) is 1.90. The Morgan fingerprint density at radius 2 is 2.24 bits per heavy atom. The first-order valence-electron chi connectivity index (χ1n) is 5.08. The predicted molar refractivity (Wildman–Crippen MR) is 69.7 cm³/mol. The van der Waals surface area contributed by atoms with Crippen molar-refractivity contribution in [3.05, 3.63) is 22.4 Å². The molecular weight excluding hydrogens is 291 g/mol. The van der Waals surface area contributed by atoms with E-state index in [0.29, 0.717) is 22.4 Å². The molecule has 1 rings (SSSR count). The van der Waals surface area contributed by atoms with Gasteiger partial charge in [-0.1, -0.05) is 0 Å². The van der Waals surface area contributed by atoms with Crippen molar-refractivity contribution in [3.8, 4) is 0 Å². The molecule has 0 bridgehead atoms. The molecule has 0 saturated carbocycles. The standard InChI is InChI=1S/C11H16BrFN2O2/c1-15(5-7(16)6-17-2)11-4-9(13)8(12)3-10(11)14/h3-4,7,16H,5-6,14H2,1-2H3. The molecule has 0 heterocycles. The van der Waals surface area contributed by atoms with Crippen molar-refractivity contribution in [2.75, 3.05) is 37.9 Å². The second kappa shape index (κ2) is 6.18. The first-order chi connectivity index (χ1) is 7.95. The van der Waals surface area contributed by atoms with Crippen LogP contribution in [-0.4, -0.2) is 38.5 Å². The van der Waals surface area contributed by atoms with E-state index >= 15 is 0 Å². The largest absolute Gasteiger partial charge is 0.397 e. The van der Waals surface area contributed by atoms with Crippen LogP contribution in [0.4, 0.5) is 15.8 Å². The van der Waals surface area contributed by atoms with Crippen molar-refractivity contribution in [2.45, 2.75) is 6.10 Å². The normalized spacial score (nSPS) is 12.5. The molecule has 0 radical (unpaired) electrons. The Hall–Kier alpha value is -0.850. The lowest BCUT2D eigenvalue weighted by atomic mass is 10.2. The average molecular weight is 307 g/mol. The smallest absolute Gasteiger partial charge is 0.139 e. The summed E-state index contributed by atoms with van der Waals surface area (Å²) < 4.78 is 18.5. The molecule has 0 aromatic heterocycles. The van der Waals surface area contributed by atoms with E-state index in [2.05, 4.69) is 15.9 Å². The highest BCUT2D eigenvalue weighted by atomic mass is 79.9. The number of nitrogens with two attached hydrogens (primary N) is 1. The molecule has 1 aromatic carbocycles. The van der Waals surface area contributed by atoms with Gasteiger partial charge in [0.05, 0.1) is 28.6 Å². The van der Waals surface area contributed by atoms with Crippen LogP contribution in [-0.2, 0) is 4.74 Å². The summed E-state index contributed by atoms with van der Waals surface area (Å²) in [5.74, 6) is -0.387. The van der Waals surface area contributed by atoms with Crippen LogP contribution in [0.1, 0.15) is 0 Å². The molecule has 0 aliphatic carbocycles. The van der Waals surface area contributed by atoms with Crippen molar-refractivity contribution in [2.24, 2.45) is 0 Å². The van der Waals surface area contributed by atoms with Crippen LogP contribution in [0.25, 0.3) is 0 Å². The number of nitrogens with zero attached hydrogens (tertiary/aromatic N) is 1. The molecule has 3 N–H and O–H groups in total. The van der Waals surface area contributed by atoms with Crippen LogP contribution in [0.15, 0.2) is 16.6 Å². The molecule has 1 atom stereocenters. The quantitative estimate of drug-likeness (QED) is 0.812. The SMILES string of the molecule is COCC(O)CN(C)c1cc(F)c(Br)cc1N. The van der Waals surface area contributed by atoms with E-state index in [1.807, 2.05) is 0 Å². The Labute approximate surface area is 108 Å². The van der Waals surface area contributed by atoms with Gasteiger partial charge in [0.2, 0.25) is 0 Å². The minimum absolute atomic E-state index is 0.225. The summed E-state index contributed by atoms with van der Waals surface area (Å²) >= 11 is 3.06. The van der Waals surface area contributed by atoms with Gasteiger partial charge in [-0.05, 0) is 22.0 Å². The number of rotatable bonds is 5. The zero-order valence-electron chi connectivity index (χ0n) is 9.78. The third-order valence-corrected chi connectivity index (χ3v) is 2.93. The maximum atomic E-state index is 13.4. The highest BCUT2D eigenvalue weighted by molar-refractivity contribution is 9.10. The first-order valence-corrected chi connectivity index (χ1v) is 5.87. The van der Waals surface area contributed by atoms with Crippen molar-refractivity contribution < 1.29 is 14.2 Å². The highest BCUT2D eigenvalue weighted by Crippen LogP contribution is 2.28. The van der Waals surface area contributed by atoms with Gasteiger partial charge in [0.25, 0.3) is 0 Å². The summed E-state index contributed by atoms with van der Waals surface area (Å²) in [7, 11) is 3.24. The fraction of sp³-hybridized carbons (Fsp3) is 0.455. The lowest BCUT2D eigenvalue weighted by Gasteiger charge is -2.24. The molecule has 0 spiro atoms. The number of hydrogen-bond acceptors (Lipinski definition) is 4. The van der Waals surface area contributed by atoms with Gasteiger partial charge in [-0.2, -0.15) is 0 Å². The van der Waals surface area contributed by atoms with Gasteiger partial charge >= 0.3 is 0 Å².